The van der Waals surface area contributed by atoms with Crippen LogP contribution in [0.25, 0.3) is 0 Å². The zero-order valence-electron chi connectivity index (χ0n) is 12.6. The van der Waals surface area contributed by atoms with Crippen LogP contribution in [-0.2, 0) is 6.42 Å². The molecule has 0 fully saturated rings. The molecule has 0 bridgehead atoms. The average Bonchev–Trinajstić information content (AvgIpc) is 2.34. The van der Waals surface area contributed by atoms with Crippen LogP contribution >= 0.6 is 0 Å². The molecule has 1 aromatic heterocycles. The number of aryl methyl sites for hydroxylation is 1. The van der Waals surface area contributed by atoms with Gasteiger partial charge in [-0.15, -0.1) is 0 Å². The maximum absolute atomic E-state index is 10.3. The lowest BCUT2D eigenvalue weighted by atomic mass is 9.94. The van der Waals surface area contributed by atoms with Gasteiger partial charge < -0.3 is 15.7 Å². The molecule has 3 N–H and O–H groups in total. The number of aromatic nitrogens is 2. The number of aliphatic hydroxyl groups is 1. The Labute approximate surface area is 115 Å². The van der Waals surface area contributed by atoms with Crippen LogP contribution in [0.4, 0.5) is 11.6 Å². The van der Waals surface area contributed by atoms with Crippen molar-refractivity contribution in [1.82, 2.24) is 9.97 Å². The highest BCUT2D eigenvalue weighted by molar-refractivity contribution is 5.47. The number of anilines is 2. The second-order valence-corrected chi connectivity index (χ2v) is 5.61. The largest absolute Gasteiger partial charge is 0.388 e. The molecule has 1 atom stereocenters. The summed E-state index contributed by atoms with van der Waals surface area (Å²) in [5.41, 5.74) is -0.731. The number of hydrogen-bond acceptors (Lipinski definition) is 5. The molecule has 0 saturated carbocycles. The summed E-state index contributed by atoms with van der Waals surface area (Å²) in [5.74, 6) is 2.79. The van der Waals surface area contributed by atoms with Gasteiger partial charge in [-0.1, -0.05) is 20.8 Å². The van der Waals surface area contributed by atoms with Crippen molar-refractivity contribution in [2.24, 2.45) is 5.92 Å². The fraction of sp³-hybridized carbons (Fsp3) is 0.714. The van der Waals surface area contributed by atoms with E-state index >= 15 is 0 Å². The van der Waals surface area contributed by atoms with Gasteiger partial charge in [-0.2, -0.15) is 0 Å². The highest BCUT2D eigenvalue weighted by Gasteiger charge is 2.21. The summed E-state index contributed by atoms with van der Waals surface area (Å²) in [4.78, 5) is 8.75. The van der Waals surface area contributed by atoms with Gasteiger partial charge in [0, 0.05) is 26.1 Å². The third kappa shape index (κ3) is 5.42. The molecule has 1 heterocycles. The van der Waals surface area contributed by atoms with Crippen molar-refractivity contribution < 1.29 is 5.11 Å². The normalized spacial score (nSPS) is 14.3. The van der Waals surface area contributed by atoms with E-state index in [0.29, 0.717) is 12.5 Å². The van der Waals surface area contributed by atoms with Crippen molar-refractivity contribution in [2.75, 3.05) is 24.2 Å². The van der Waals surface area contributed by atoms with Gasteiger partial charge in [0.15, 0.2) is 0 Å². The Bertz CT molecular complexity index is 382. The van der Waals surface area contributed by atoms with Gasteiger partial charge in [0.25, 0.3) is 0 Å². The van der Waals surface area contributed by atoms with E-state index < -0.39 is 5.60 Å². The van der Waals surface area contributed by atoms with Gasteiger partial charge in [0.2, 0.25) is 0 Å². The van der Waals surface area contributed by atoms with Gasteiger partial charge in [-0.05, 0) is 19.3 Å². The van der Waals surface area contributed by atoms with Gasteiger partial charge in [-0.3, -0.25) is 0 Å². The maximum Gasteiger partial charge on any atom is 0.132 e. The number of rotatable bonds is 7. The molecule has 0 amide bonds. The Hall–Kier alpha value is -1.36. The Kier molecular flexibility index (Phi) is 5.54. The monoisotopic (exact) mass is 266 g/mol. The van der Waals surface area contributed by atoms with Crippen molar-refractivity contribution in [3.8, 4) is 0 Å². The minimum Gasteiger partial charge on any atom is -0.388 e. The molecule has 0 aliphatic heterocycles. The van der Waals surface area contributed by atoms with Crippen molar-refractivity contribution >= 4 is 11.6 Å². The molecule has 5 heteroatoms. The molecule has 0 radical (unpaired) electrons. The van der Waals surface area contributed by atoms with Gasteiger partial charge in [-0.25, -0.2) is 9.97 Å². The standard InChI is InChI=1S/C14H26N4O/c1-6-11-17-12(15-5)7-13(18-11)16-9-14(4,19)8-10(2)3/h7,10,19H,6,8-9H2,1-5H3,(H2,15,16,17,18). The summed E-state index contributed by atoms with van der Waals surface area (Å²) >= 11 is 0. The van der Waals surface area contributed by atoms with Gasteiger partial charge in [0.05, 0.1) is 5.60 Å². The van der Waals surface area contributed by atoms with Crippen LogP contribution in [0, 0.1) is 5.92 Å². The average molecular weight is 266 g/mol. The SMILES string of the molecule is CCc1nc(NC)cc(NCC(C)(O)CC(C)C)n1. The van der Waals surface area contributed by atoms with E-state index in [4.69, 9.17) is 0 Å². The van der Waals surface area contributed by atoms with Crippen LogP contribution in [0.1, 0.15) is 39.9 Å². The lowest BCUT2D eigenvalue weighted by Crippen LogP contribution is -2.35. The van der Waals surface area contributed by atoms with Gasteiger partial charge in [0.1, 0.15) is 17.5 Å². The van der Waals surface area contributed by atoms with E-state index in [2.05, 4.69) is 34.4 Å². The quantitative estimate of drug-likeness (QED) is 0.706. The molecule has 108 valence electrons. The lowest BCUT2D eigenvalue weighted by Gasteiger charge is -2.26. The lowest BCUT2D eigenvalue weighted by molar-refractivity contribution is 0.0514. The highest BCUT2D eigenvalue weighted by Crippen LogP contribution is 2.18. The summed E-state index contributed by atoms with van der Waals surface area (Å²) in [6.45, 7) is 8.56. The van der Waals surface area contributed by atoms with E-state index in [-0.39, 0.29) is 0 Å². The fourth-order valence-corrected chi connectivity index (χ4v) is 2.11. The summed E-state index contributed by atoms with van der Waals surface area (Å²) < 4.78 is 0. The highest BCUT2D eigenvalue weighted by atomic mass is 16.3. The van der Waals surface area contributed by atoms with Crippen LogP contribution in [-0.4, -0.2) is 34.3 Å². The van der Waals surface area contributed by atoms with Crippen LogP contribution in [0.2, 0.25) is 0 Å². The number of hydrogen-bond donors (Lipinski definition) is 3. The molecule has 0 aromatic carbocycles. The number of nitrogens with zero attached hydrogens (tertiary/aromatic N) is 2. The zero-order valence-corrected chi connectivity index (χ0v) is 12.6. The molecular formula is C14H26N4O. The first kappa shape index (κ1) is 15.7. The molecule has 5 nitrogen and oxygen atoms in total. The zero-order chi connectivity index (χ0) is 14.5. The molecule has 0 spiro atoms. The third-order valence-corrected chi connectivity index (χ3v) is 2.84. The third-order valence-electron chi connectivity index (χ3n) is 2.84. The summed E-state index contributed by atoms with van der Waals surface area (Å²) in [6.07, 6.45) is 1.54. The minimum atomic E-state index is -0.731. The Morgan fingerprint density at radius 1 is 1.32 bits per heavy atom. The van der Waals surface area contributed by atoms with Gasteiger partial charge >= 0.3 is 0 Å². The van der Waals surface area contributed by atoms with Crippen molar-refractivity contribution in [3.05, 3.63) is 11.9 Å². The van der Waals surface area contributed by atoms with Crippen molar-refractivity contribution in [2.45, 2.75) is 46.1 Å². The topological polar surface area (TPSA) is 70.1 Å². The molecular weight excluding hydrogens is 240 g/mol. The van der Waals surface area contributed by atoms with Crippen LogP contribution in [0.5, 0.6) is 0 Å². The Morgan fingerprint density at radius 3 is 2.47 bits per heavy atom. The van der Waals surface area contributed by atoms with E-state index in [1.54, 1.807) is 0 Å². The first-order chi connectivity index (χ1) is 8.86. The molecule has 1 aromatic rings. The fourth-order valence-electron chi connectivity index (χ4n) is 2.11. The van der Waals surface area contributed by atoms with E-state index in [1.165, 1.54) is 0 Å². The van der Waals surface area contributed by atoms with E-state index in [1.807, 2.05) is 27.0 Å². The van der Waals surface area contributed by atoms with E-state index in [0.717, 1.165) is 30.3 Å². The number of nitrogens with one attached hydrogen (secondary N) is 2. The maximum atomic E-state index is 10.3. The molecule has 0 aliphatic rings. The predicted molar refractivity (Wildman–Crippen MR) is 79.5 cm³/mol. The van der Waals surface area contributed by atoms with Crippen LogP contribution < -0.4 is 10.6 Å². The molecule has 0 aliphatic carbocycles. The summed E-state index contributed by atoms with van der Waals surface area (Å²) in [7, 11) is 1.83. The first-order valence-electron chi connectivity index (χ1n) is 6.88. The van der Waals surface area contributed by atoms with Crippen LogP contribution in [0.3, 0.4) is 0 Å². The van der Waals surface area contributed by atoms with E-state index in [9.17, 15) is 5.11 Å². The Morgan fingerprint density at radius 2 is 1.95 bits per heavy atom. The summed E-state index contributed by atoms with van der Waals surface area (Å²) in [6, 6.07) is 1.85. The van der Waals surface area contributed by atoms with Crippen molar-refractivity contribution in [3.63, 3.8) is 0 Å². The smallest absolute Gasteiger partial charge is 0.132 e. The Balaban J connectivity index is 2.71. The van der Waals surface area contributed by atoms with Crippen LogP contribution in [0.15, 0.2) is 6.07 Å². The summed E-state index contributed by atoms with van der Waals surface area (Å²) in [5, 5.41) is 16.5. The second-order valence-electron chi connectivity index (χ2n) is 5.61. The van der Waals surface area contributed by atoms with Crippen molar-refractivity contribution in [1.29, 1.82) is 0 Å². The predicted octanol–water partition coefficient (Wildman–Crippen LogP) is 2.29. The molecule has 1 unspecified atom stereocenters. The molecule has 1 rings (SSSR count). The second kappa shape index (κ2) is 6.70. The molecule has 0 saturated heterocycles. The molecule has 19 heavy (non-hydrogen) atoms. The first-order valence-corrected chi connectivity index (χ1v) is 6.88. The minimum absolute atomic E-state index is 0.460.